The minimum Gasteiger partial charge on any atom is -0.368 e. The lowest BCUT2D eigenvalue weighted by Crippen LogP contribution is -2.53. The van der Waals surface area contributed by atoms with Crippen LogP contribution in [0, 0.1) is 0 Å². The molecule has 226 valence electrons. The molecule has 44 heavy (non-hydrogen) atoms. The molecular formula is C34H34ClN5O4. The first-order chi connectivity index (χ1) is 21.2. The first kappa shape index (κ1) is 30.7. The van der Waals surface area contributed by atoms with Gasteiger partial charge in [-0.1, -0.05) is 72.3 Å². The van der Waals surface area contributed by atoms with Gasteiger partial charge in [0.15, 0.2) is 0 Å². The number of benzene rings is 3. The number of carbonyl (C=O) groups excluding carboxylic acids is 4. The molecule has 0 spiro atoms. The predicted octanol–water partition coefficient (Wildman–Crippen LogP) is 3.83. The van der Waals surface area contributed by atoms with E-state index in [1.165, 1.54) is 9.80 Å². The van der Waals surface area contributed by atoms with E-state index in [-0.39, 0.29) is 31.8 Å². The van der Waals surface area contributed by atoms with Crippen molar-refractivity contribution in [3.63, 3.8) is 0 Å². The monoisotopic (exact) mass is 611 g/mol. The molecule has 1 aromatic heterocycles. The summed E-state index contributed by atoms with van der Waals surface area (Å²) in [7, 11) is 0. The zero-order chi connectivity index (χ0) is 31.2. The van der Waals surface area contributed by atoms with Gasteiger partial charge in [-0.25, -0.2) is 0 Å². The lowest BCUT2D eigenvalue weighted by atomic mass is 9.96. The number of primary amides is 1. The van der Waals surface area contributed by atoms with Gasteiger partial charge in [0.2, 0.25) is 17.7 Å². The van der Waals surface area contributed by atoms with E-state index in [1.54, 1.807) is 48.7 Å². The fourth-order valence-electron chi connectivity index (χ4n) is 5.82. The van der Waals surface area contributed by atoms with E-state index in [2.05, 4.69) is 10.3 Å². The molecule has 3 N–H and O–H groups in total. The molecule has 9 nitrogen and oxygen atoms in total. The second-order valence-electron chi connectivity index (χ2n) is 11.0. The van der Waals surface area contributed by atoms with Gasteiger partial charge in [0, 0.05) is 35.9 Å². The Hall–Kier alpha value is -4.76. The van der Waals surface area contributed by atoms with Crippen LogP contribution >= 0.6 is 11.6 Å². The van der Waals surface area contributed by atoms with Crippen molar-refractivity contribution in [1.29, 1.82) is 0 Å². The van der Waals surface area contributed by atoms with Crippen LogP contribution in [0.5, 0.6) is 0 Å². The van der Waals surface area contributed by atoms with E-state index in [0.29, 0.717) is 22.7 Å². The van der Waals surface area contributed by atoms with Crippen molar-refractivity contribution in [2.75, 3.05) is 13.1 Å². The first-order valence-electron chi connectivity index (χ1n) is 14.5. The molecule has 3 atom stereocenters. The molecule has 0 radical (unpaired) electrons. The number of hydrogen-bond donors (Lipinski definition) is 2. The van der Waals surface area contributed by atoms with Crippen molar-refractivity contribution >= 4 is 46.0 Å². The smallest absolute Gasteiger partial charge is 0.250 e. The number of nitrogens with one attached hydrogen (secondary N) is 1. The van der Waals surface area contributed by atoms with Crippen molar-refractivity contribution in [1.82, 2.24) is 20.1 Å². The van der Waals surface area contributed by atoms with Gasteiger partial charge in [0.05, 0.1) is 13.0 Å². The topological polar surface area (TPSA) is 126 Å². The van der Waals surface area contributed by atoms with E-state index in [0.717, 1.165) is 16.3 Å². The molecule has 0 bridgehead atoms. The average molecular weight is 612 g/mol. The summed E-state index contributed by atoms with van der Waals surface area (Å²) in [6.07, 6.45) is 2.23. The van der Waals surface area contributed by atoms with Crippen molar-refractivity contribution < 1.29 is 19.2 Å². The quantitative estimate of drug-likeness (QED) is 0.298. The average Bonchev–Trinajstić information content (AvgIpc) is 3.14. The zero-order valence-corrected chi connectivity index (χ0v) is 25.1. The lowest BCUT2D eigenvalue weighted by molar-refractivity contribution is -0.148. The fraction of sp³-hybridized carbons (Fsp3) is 0.265. The number of amides is 4. The standard InChI is InChI=1S/C34H34ClN5O4/c1-22-15-17-39(29(33(36)43)19-24-10-6-9-23-8-2-3-14-28(23)24)34(44)32(25-11-7-12-26(35)18-25)40(22)31(42)21-38-30(41)20-27-13-4-5-16-37-27/h2-14,16,18,22,29,32H,15,17,19-21H2,1H3,(H2,36,43)(H,38,41). The van der Waals surface area contributed by atoms with Gasteiger partial charge in [-0.05, 0) is 59.5 Å². The first-order valence-corrected chi connectivity index (χ1v) is 14.9. The number of carbonyl (C=O) groups is 4. The third-order valence-electron chi connectivity index (χ3n) is 8.01. The number of hydrogen-bond acceptors (Lipinski definition) is 5. The lowest BCUT2D eigenvalue weighted by Gasteiger charge is -2.36. The maximum atomic E-state index is 14.5. The van der Waals surface area contributed by atoms with E-state index < -0.39 is 35.8 Å². The zero-order valence-electron chi connectivity index (χ0n) is 24.4. The Morgan fingerprint density at radius 3 is 2.52 bits per heavy atom. The molecule has 1 aliphatic heterocycles. The largest absolute Gasteiger partial charge is 0.368 e. The van der Waals surface area contributed by atoms with Crippen LogP contribution in [0.2, 0.25) is 5.02 Å². The number of aromatic nitrogens is 1. The van der Waals surface area contributed by atoms with Crippen molar-refractivity contribution in [3.05, 3.63) is 113 Å². The number of pyridine rings is 1. The Bertz CT molecular complexity index is 1680. The van der Waals surface area contributed by atoms with Crippen LogP contribution in [0.1, 0.15) is 36.2 Å². The molecule has 4 amide bonds. The summed E-state index contributed by atoms with van der Waals surface area (Å²) in [4.78, 5) is 61.0. The summed E-state index contributed by atoms with van der Waals surface area (Å²) in [5.74, 6) is -1.87. The highest BCUT2D eigenvalue weighted by atomic mass is 35.5. The molecule has 1 saturated heterocycles. The summed E-state index contributed by atoms with van der Waals surface area (Å²) in [6.45, 7) is 1.76. The molecule has 10 heteroatoms. The number of fused-ring (bicyclic) bond motifs is 1. The van der Waals surface area contributed by atoms with Gasteiger partial charge >= 0.3 is 0 Å². The van der Waals surface area contributed by atoms with Gasteiger partial charge in [-0.15, -0.1) is 0 Å². The summed E-state index contributed by atoms with van der Waals surface area (Å²) in [5.41, 5.74) is 7.93. The molecule has 4 aromatic rings. The van der Waals surface area contributed by atoms with Crippen LogP contribution in [0.25, 0.3) is 10.8 Å². The highest BCUT2D eigenvalue weighted by Gasteiger charge is 2.43. The molecular weight excluding hydrogens is 578 g/mol. The van der Waals surface area contributed by atoms with Gasteiger partial charge in [0.1, 0.15) is 12.1 Å². The second-order valence-corrected chi connectivity index (χ2v) is 11.4. The Kier molecular flexibility index (Phi) is 9.55. The van der Waals surface area contributed by atoms with Crippen LogP contribution < -0.4 is 11.1 Å². The Morgan fingerprint density at radius 2 is 1.77 bits per heavy atom. The van der Waals surface area contributed by atoms with E-state index in [9.17, 15) is 19.2 Å². The van der Waals surface area contributed by atoms with Crippen molar-refractivity contribution in [2.45, 2.75) is 44.3 Å². The fourth-order valence-corrected chi connectivity index (χ4v) is 6.02. The molecule has 5 rings (SSSR count). The molecule has 2 heterocycles. The summed E-state index contributed by atoms with van der Waals surface area (Å²) in [5, 5.41) is 5.06. The van der Waals surface area contributed by atoms with E-state index in [4.69, 9.17) is 17.3 Å². The normalized spacial score (nSPS) is 17.6. The van der Waals surface area contributed by atoms with Crippen LogP contribution in [0.4, 0.5) is 0 Å². The number of halogens is 1. The second kappa shape index (κ2) is 13.7. The number of rotatable bonds is 9. The SMILES string of the molecule is CC1CCN(C(Cc2cccc3ccccc23)C(N)=O)C(=O)C(c2cccc(Cl)c2)N1C(=O)CNC(=O)Cc1ccccn1. The van der Waals surface area contributed by atoms with Gasteiger partial charge in [-0.3, -0.25) is 24.2 Å². The summed E-state index contributed by atoms with van der Waals surface area (Å²) >= 11 is 6.34. The highest BCUT2D eigenvalue weighted by Crippen LogP contribution is 2.33. The Labute approximate surface area is 261 Å². The molecule has 3 unspecified atom stereocenters. The maximum absolute atomic E-state index is 14.5. The predicted molar refractivity (Wildman–Crippen MR) is 168 cm³/mol. The minimum atomic E-state index is -1.08. The molecule has 3 aromatic carbocycles. The van der Waals surface area contributed by atoms with Crippen LogP contribution in [0.3, 0.4) is 0 Å². The third-order valence-corrected chi connectivity index (χ3v) is 8.25. The summed E-state index contributed by atoms with van der Waals surface area (Å²) < 4.78 is 0. The van der Waals surface area contributed by atoms with Crippen LogP contribution in [0.15, 0.2) is 91.1 Å². The minimum absolute atomic E-state index is 0.0164. The maximum Gasteiger partial charge on any atom is 0.250 e. The van der Waals surface area contributed by atoms with E-state index in [1.807, 2.05) is 49.4 Å². The van der Waals surface area contributed by atoms with Crippen LogP contribution in [-0.4, -0.2) is 63.6 Å². The van der Waals surface area contributed by atoms with Gasteiger partial charge in [-0.2, -0.15) is 0 Å². The van der Waals surface area contributed by atoms with Gasteiger partial charge in [0.25, 0.3) is 5.91 Å². The number of nitrogens with zero attached hydrogens (tertiary/aromatic N) is 3. The molecule has 0 saturated carbocycles. The van der Waals surface area contributed by atoms with Gasteiger partial charge < -0.3 is 20.9 Å². The Balaban J connectivity index is 1.44. The third kappa shape index (κ3) is 6.89. The van der Waals surface area contributed by atoms with Crippen molar-refractivity contribution in [2.24, 2.45) is 5.73 Å². The molecule has 0 aliphatic carbocycles. The molecule has 1 fully saturated rings. The molecule has 1 aliphatic rings. The van der Waals surface area contributed by atoms with Crippen LogP contribution in [-0.2, 0) is 32.0 Å². The number of nitrogens with two attached hydrogens (primary N) is 1. The highest BCUT2D eigenvalue weighted by molar-refractivity contribution is 6.30. The van der Waals surface area contributed by atoms with E-state index >= 15 is 0 Å². The van der Waals surface area contributed by atoms with Crippen molar-refractivity contribution in [3.8, 4) is 0 Å². The Morgan fingerprint density at radius 1 is 1.02 bits per heavy atom. The summed E-state index contributed by atoms with van der Waals surface area (Å²) in [6, 6.07) is 23.3.